The Bertz CT molecular complexity index is 899. The molecule has 0 saturated carbocycles. The predicted octanol–water partition coefficient (Wildman–Crippen LogP) is 5.34. The molecule has 0 saturated heterocycles. The van der Waals surface area contributed by atoms with Gasteiger partial charge < -0.3 is 5.32 Å². The zero-order valence-corrected chi connectivity index (χ0v) is 14.8. The molecule has 0 aliphatic heterocycles. The lowest BCUT2D eigenvalue weighted by Gasteiger charge is -2.13. The number of hydrogen-bond acceptors (Lipinski definition) is 4. The molecule has 0 radical (unpaired) electrons. The fourth-order valence-corrected chi connectivity index (χ4v) is 2.30. The van der Waals surface area contributed by atoms with Crippen LogP contribution in [0.5, 0.6) is 0 Å². The highest BCUT2D eigenvalue weighted by Gasteiger charge is 2.34. The number of rotatable bonds is 3. The Morgan fingerprint density at radius 1 is 0.923 bits per heavy atom. The summed E-state index contributed by atoms with van der Waals surface area (Å²) in [4.78, 5) is 11.7. The van der Waals surface area contributed by atoms with E-state index in [9.17, 15) is 13.2 Å². The fourth-order valence-electron chi connectivity index (χ4n) is 2.30. The van der Waals surface area contributed by atoms with Crippen molar-refractivity contribution in [3.63, 3.8) is 0 Å². The van der Waals surface area contributed by atoms with Gasteiger partial charge in [0.1, 0.15) is 5.82 Å². The lowest BCUT2D eigenvalue weighted by Crippen LogP contribution is -2.11. The van der Waals surface area contributed by atoms with Crippen molar-refractivity contribution in [2.45, 2.75) is 20.0 Å². The van der Waals surface area contributed by atoms with Gasteiger partial charge in [0.2, 0.25) is 0 Å². The van der Waals surface area contributed by atoms with Gasteiger partial charge >= 0.3 is 6.18 Å². The summed E-state index contributed by atoms with van der Waals surface area (Å²) in [6.07, 6.45) is -1.60. The lowest BCUT2D eigenvalue weighted by atomic mass is 10.1. The van der Waals surface area contributed by atoms with Crippen molar-refractivity contribution < 1.29 is 13.2 Å². The summed E-state index contributed by atoms with van der Waals surface area (Å²) >= 11 is 0. The molecule has 0 amide bonds. The second-order valence-electron chi connectivity index (χ2n) is 5.64. The van der Waals surface area contributed by atoms with Gasteiger partial charge in [0.05, 0.1) is 0 Å². The number of hydrogen-bond donors (Lipinski definition) is 1. The highest BCUT2D eigenvalue weighted by Crippen LogP contribution is 2.32. The van der Waals surface area contributed by atoms with E-state index >= 15 is 0 Å². The first kappa shape index (κ1) is 19.7. The first-order chi connectivity index (χ1) is 11.8. The van der Waals surface area contributed by atoms with Gasteiger partial charge in [0, 0.05) is 29.7 Å². The van der Waals surface area contributed by atoms with Crippen LogP contribution in [0, 0.1) is 13.8 Å². The molecule has 0 bridgehead atoms. The van der Waals surface area contributed by atoms with Crippen LogP contribution in [-0.4, -0.2) is 15.0 Å². The van der Waals surface area contributed by atoms with E-state index in [1.165, 1.54) is 12.4 Å². The van der Waals surface area contributed by atoms with Crippen LogP contribution >= 0.6 is 12.4 Å². The van der Waals surface area contributed by atoms with Crippen LogP contribution in [0.3, 0.4) is 0 Å². The molecule has 2 aromatic heterocycles. The second kappa shape index (κ2) is 7.70. The van der Waals surface area contributed by atoms with Gasteiger partial charge in [-0.1, -0.05) is 12.1 Å². The second-order valence-corrected chi connectivity index (χ2v) is 5.64. The largest absolute Gasteiger partial charge is 0.433 e. The van der Waals surface area contributed by atoms with Crippen molar-refractivity contribution in [1.29, 1.82) is 0 Å². The monoisotopic (exact) mass is 380 g/mol. The molecule has 26 heavy (non-hydrogen) atoms. The third kappa shape index (κ3) is 4.49. The van der Waals surface area contributed by atoms with Gasteiger partial charge in [-0.3, -0.25) is 4.98 Å². The lowest BCUT2D eigenvalue weighted by molar-refractivity contribution is -0.141. The Hall–Kier alpha value is -2.67. The van der Waals surface area contributed by atoms with Crippen LogP contribution in [0.15, 0.2) is 48.8 Å². The quantitative estimate of drug-likeness (QED) is 0.666. The minimum Gasteiger partial charge on any atom is -0.340 e. The number of benzene rings is 1. The van der Waals surface area contributed by atoms with E-state index in [2.05, 4.69) is 20.3 Å². The number of pyridine rings is 1. The Balaban J connectivity index is 0.00000243. The Morgan fingerprint density at radius 3 is 2.27 bits per heavy atom. The van der Waals surface area contributed by atoms with Gasteiger partial charge in [-0.05, 0) is 43.2 Å². The Labute approximate surface area is 154 Å². The zero-order valence-electron chi connectivity index (χ0n) is 14.0. The van der Waals surface area contributed by atoms with Crippen LogP contribution in [0.1, 0.15) is 16.8 Å². The molecule has 0 aliphatic carbocycles. The highest BCUT2D eigenvalue weighted by atomic mass is 35.5. The highest BCUT2D eigenvalue weighted by molar-refractivity contribution is 5.85. The number of alkyl halides is 3. The maximum absolute atomic E-state index is 13.2. The van der Waals surface area contributed by atoms with Crippen molar-refractivity contribution in [3.05, 3.63) is 65.6 Å². The van der Waals surface area contributed by atoms with Gasteiger partial charge in [-0.2, -0.15) is 13.2 Å². The van der Waals surface area contributed by atoms with Crippen molar-refractivity contribution >= 4 is 23.9 Å². The van der Waals surface area contributed by atoms with Crippen molar-refractivity contribution in [3.8, 4) is 11.4 Å². The van der Waals surface area contributed by atoms with Crippen molar-refractivity contribution in [2.24, 2.45) is 0 Å². The maximum atomic E-state index is 13.2. The number of nitrogens with one attached hydrogen (secondary N) is 1. The number of aryl methyl sites for hydroxylation is 2. The van der Waals surface area contributed by atoms with E-state index in [0.717, 1.165) is 17.2 Å². The molecule has 0 atom stereocenters. The molecule has 3 aromatic rings. The normalized spacial score (nSPS) is 11.0. The van der Waals surface area contributed by atoms with Crippen LogP contribution in [0.2, 0.25) is 0 Å². The molecule has 0 fully saturated rings. The average molecular weight is 381 g/mol. The van der Waals surface area contributed by atoms with E-state index in [4.69, 9.17) is 0 Å². The molecule has 2 heterocycles. The molecule has 3 rings (SSSR count). The van der Waals surface area contributed by atoms with Crippen molar-refractivity contribution in [2.75, 3.05) is 5.32 Å². The van der Waals surface area contributed by atoms with Crippen LogP contribution in [-0.2, 0) is 6.18 Å². The number of anilines is 2. The Morgan fingerprint density at radius 2 is 1.62 bits per heavy atom. The first-order valence-corrected chi connectivity index (χ1v) is 7.54. The molecular formula is C18H16ClF3N4. The third-order valence-corrected chi connectivity index (χ3v) is 3.61. The fraction of sp³-hybridized carbons (Fsp3) is 0.167. The average Bonchev–Trinajstić information content (AvgIpc) is 2.58. The van der Waals surface area contributed by atoms with Gasteiger partial charge in [0.25, 0.3) is 0 Å². The molecule has 0 aliphatic rings. The summed E-state index contributed by atoms with van der Waals surface area (Å²) in [7, 11) is 0. The molecular weight excluding hydrogens is 365 g/mol. The summed E-state index contributed by atoms with van der Waals surface area (Å²) in [5, 5.41) is 2.97. The summed E-state index contributed by atoms with van der Waals surface area (Å²) in [6, 6.07) is 9.73. The summed E-state index contributed by atoms with van der Waals surface area (Å²) in [5.74, 6) is 0.0767. The topological polar surface area (TPSA) is 50.7 Å². The smallest absolute Gasteiger partial charge is 0.340 e. The Kier molecular flexibility index (Phi) is 5.82. The number of halogens is 4. The van der Waals surface area contributed by atoms with Gasteiger partial charge in [-0.15, -0.1) is 12.4 Å². The molecule has 4 nitrogen and oxygen atoms in total. The molecule has 0 unspecified atom stereocenters. The molecule has 1 aromatic carbocycles. The predicted molar refractivity (Wildman–Crippen MR) is 96.7 cm³/mol. The molecule has 1 N–H and O–H groups in total. The van der Waals surface area contributed by atoms with E-state index < -0.39 is 11.9 Å². The zero-order chi connectivity index (χ0) is 18.0. The van der Waals surface area contributed by atoms with E-state index in [-0.39, 0.29) is 24.0 Å². The molecule has 8 heteroatoms. The van der Waals surface area contributed by atoms with E-state index in [1.54, 1.807) is 12.1 Å². The summed E-state index contributed by atoms with van der Waals surface area (Å²) in [5.41, 5.74) is 2.07. The minimum atomic E-state index is -4.57. The summed E-state index contributed by atoms with van der Waals surface area (Å²) < 4.78 is 39.6. The first-order valence-electron chi connectivity index (χ1n) is 7.54. The third-order valence-electron chi connectivity index (χ3n) is 3.61. The SMILES string of the molecule is Cc1ccc(C)c(Nc2cc(C(F)(F)F)nc(-c3ccncc3)n2)c1.Cl. The van der Waals surface area contributed by atoms with E-state index in [1.807, 2.05) is 32.0 Å². The van der Waals surface area contributed by atoms with Gasteiger partial charge in [0.15, 0.2) is 11.5 Å². The van der Waals surface area contributed by atoms with Crippen molar-refractivity contribution in [1.82, 2.24) is 15.0 Å². The maximum Gasteiger partial charge on any atom is 0.433 e. The number of aromatic nitrogens is 3. The van der Waals surface area contributed by atoms with Crippen LogP contribution < -0.4 is 5.32 Å². The van der Waals surface area contributed by atoms with Crippen LogP contribution in [0.4, 0.5) is 24.7 Å². The van der Waals surface area contributed by atoms with E-state index in [0.29, 0.717) is 11.3 Å². The molecule has 0 spiro atoms. The van der Waals surface area contributed by atoms with Gasteiger partial charge in [-0.25, -0.2) is 9.97 Å². The number of nitrogens with zero attached hydrogens (tertiary/aromatic N) is 3. The summed E-state index contributed by atoms with van der Waals surface area (Å²) in [6.45, 7) is 3.78. The van der Waals surface area contributed by atoms with Crippen LogP contribution in [0.25, 0.3) is 11.4 Å². The minimum absolute atomic E-state index is 0. The standard InChI is InChI=1S/C18H15F3N4.ClH/c1-11-3-4-12(2)14(9-11)23-16-10-15(18(19,20)21)24-17(25-16)13-5-7-22-8-6-13;/h3-10H,1-2H3,(H,23,24,25);1H. The molecule has 136 valence electrons.